The number of halogens is 1. The van der Waals surface area contributed by atoms with E-state index < -0.39 is 0 Å². The summed E-state index contributed by atoms with van der Waals surface area (Å²) in [6.07, 6.45) is 4.70. The van der Waals surface area contributed by atoms with E-state index in [1.807, 2.05) is 41.3 Å². The molecule has 0 radical (unpaired) electrons. The van der Waals surface area contributed by atoms with Gasteiger partial charge in [-0.3, -0.25) is 4.79 Å². The standard InChI is InChI=1S/C15H19BrN2O2S/c1-21-7-5-13(10-19)17-15(20)9-18-6-4-11-8-12(16)2-3-14(11)18/h2-4,6,8,13,19H,5,7,9-10H2,1H3,(H,17,20). The average Bonchev–Trinajstić information content (AvgIpc) is 2.85. The highest BCUT2D eigenvalue weighted by molar-refractivity contribution is 9.10. The van der Waals surface area contributed by atoms with Gasteiger partial charge in [0.25, 0.3) is 0 Å². The van der Waals surface area contributed by atoms with Crippen molar-refractivity contribution in [2.24, 2.45) is 0 Å². The normalized spacial score (nSPS) is 12.5. The van der Waals surface area contributed by atoms with E-state index in [2.05, 4.69) is 21.2 Å². The van der Waals surface area contributed by atoms with Gasteiger partial charge in [0.15, 0.2) is 0 Å². The maximum Gasteiger partial charge on any atom is 0.240 e. The van der Waals surface area contributed by atoms with Crippen LogP contribution in [0.3, 0.4) is 0 Å². The summed E-state index contributed by atoms with van der Waals surface area (Å²) in [5.41, 5.74) is 1.03. The molecule has 0 fully saturated rings. The van der Waals surface area contributed by atoms with E-state index in [-0.39, 0.29) is 25.1 Å². The van der Waals surface area contributed by atoms with E-state index in [9.17, 15) is 9.90 Å². The SMILES string of the molecule is CSCCC(CO)NC(=O)Cn1ccc2cc(Br)ccc21. The maximum absolute atomic E-state index is 12.1. The number of thioether (sulfide) groups is 1. The van der Waals surface area contributed by atoms with Crippen LogP contribution in [0.2, 0.25) is 0 Å². The Hall–Kier alpha value is -0.980. The molecule has 0 bridgehead atoms. The van der Waals surface area contributed by atoms with E-state index in [1.165, 1.54) is 0 Å². The molecular weight excluding hydrogens is 352 g/mol. The third kappa shape index (κ3) is 4.49. The van der Waals surface area contributed by atoms with Crippen molar-refractivity contribution in [2.75, 3.05) is 18.6 Å². The highest BCUT2D eigenvalue weighted by Gasteiger charge is 2.12. The summed E-state index contributed by atoms with van der Waals surface area (Å²) >= 11 is 5.15. The summed E-state index contributed by atoms with van der Waals surface area (Å²) < 4.78 is 2.94. The Morgan fingerprint density at radius 2 is 2.29 bits per heavy atom. The number of amides is 1. The quantitative estimate of drug-likeness (QED) is 0.787. The van der Waals surface area contributed by atoms with Gasteiger partial charge in [-0.1, -0.05) is 15.9 Å². The molecule has 0 aliphatic carbocycles. The Labute approximate surface area is 137 Å². The van der Waals surface area contributed by atoms with Crippen LogP contribution in [0, 0.1) is 0 Å². The number of carbonyl (C=O) groups excluding carboxylic acids is 1. The minimum atomic E-state index is -0.166. The molecule has 1 aromatic heterocycles. The molecule has 2 N–H and O–H groups in total. The number of nitrogens with zero attached hydrogens (tertiary/aromatic N) is 1. The second kappa shape index (κ2) is 7.87. The highest BCUT2D eigenvalue weighted by Crippen LogP contribution is 2.20. The van der Waals surface area contributed by atoms with Crippen LogP contribution in [-0.4, -0.2) is 40.2 Å². The third-order valence-corrected chi connectivity index (χ3v) is 4.44. The first-order valence-corrected chi connectivity index (χ1v) is 8.96. The van der Waals surface area contributed by atoms with E-state index in [4.69, 9.17) is 0 Å². The molecule has 0 saturated heterocycles. The van der Waals surface area contributed by atoms with Crippen molar-refractivity contribution in [1.29, 1.82) is 0 Å². The largest absolute Gasteiger partial charge is 0.394 e. The number of benzene rings is 1. The molecule has 21 heavy (non-hydrogen) atoms. The topological polar surface area (TPSA) is 54.3 Å². The summed E-state index contributed by atoms with van der Waals surface area (Å²) in [6.45, 7) is 0.243. The molecule has 2 rings (SSSR count). The van der Waals surface area contributed by atoms with Crippen molar-refractivity contribution in [3.63, 3.8) is 0 Å². The van der Waals surface area contributed by atoms with Crippen LogP contribution in [0.5, 0.6) is 0 Å². The van der Waals surface area contributed by atoms with Gasteiger partial charge in [-0.25, -0.2) is 0 Å². The van der Waals surface area contributed by atoms with Crippen molar-refractivity contribution < 1.29 is 9.90 Å². The average molecular weight is 371 g/mol. The van der Waals surface area contributed by atoms with Gasteiger partial charge >= 0.3 is 0 Å². The summed E-state index contributed by atoms with van der Waals surface area (Å²) in [6, 6.07) is 7.81. The Morgan fingerprint density at radius 1 is 1.48 bits per heavy atom. The molecule has 0 spiro atoms. The number of hydrogen-bond acceptors (Lipinski definition) is 3. The molecule has 6 heteroatoms. The van der Waals surface area contributed by atoms with Crippen LogP contribution >= 0.6 is 27.7 Å². The molecule has 4 nitrogen and oxygen atoms in total. The number of aromatic nitrogens is 1. The third-order valence-electron chi connectivity index (χ3n) is 3.30. The van der Waals surface area contributed by atoms with Crippen LogP contribution in [0.4, 0.5) is 0 Å². The van der Waals surface area contributed by atoms with Gasteiger partial charge in [0, 0.05) is 21.6 Å². The monoisotopic (exact) mass is 370 g/mol. The van der Waals surface area contributed by atoms with Crippen LogP contribution < -0.4 is 5.32 Å². The van der Waals surface area contributed by atoms with Gasteiger partial charge in [0.1, 0.15) is 6.54 Å². The van der Waals surface area contributed by atoms with Crippen molar-refractivity contribution in [1.82, 2.24) is 9.88 Å². The molecule has 0 aliphatic heterocycles. The van der Waals surface area contributed by atoms with Crippen molar-refractivity contribution >= 4 is 44.5 Å². The molecule has 1 amide bonds. The summed E-state index contributed by atoms with van der Waals surface area (Å²) in [7, 11) is 0. The Bertz CT molecular complexity index is 615. The summed E-state index contributed by atoms with van der Waals surface area (Å²) in [5, 5.41) is 13.3. The van der Waals surface area contributed by atoms with Crippen molar-refractivity contribution in [3.05, 3.63) is 34.9 Å². The number of carbonyl (C=O) groups is 1. The predicted octanol–water partition coefficient (Wildman–Crippen LogP) is 2.63. The van der Waals surface area contributed by atoms with Crippen molar-refractivity contribution in [2.45, 2.75) is 19.0 Å². The Morgan fingerprint density at radius 3 is 3.00 bits per heavy atom. The molecule has 0 saturated carbocycles. The lowest BCUT2D eigenvalue weighted by Gasteiger charge is -2.16. The first-order chi connectivity index (χ1) is 10.1. The molecule has 2 aromatic rings. The van der Waals surface area contributed by atoms with E-state index >= 15 is 0 Å². The summed E-state index contributed by atoms with van der Waals surface area (Å²) in [4.78, 5) is 12.1. The van der Waals surface area contributed by atoms with Gasteiger partial charge in [0.2, 0.25) is 5.91 Å². The first-order valence-electron chi connectivity index (χ1n) is 6.77. The predicted molar refractivity (Wildman–Crippen MR) is 91.7 cm³/mol. The van der Waals surface area contributed by atoms with E-state index in [0.29, 0.717) is 0 Å². The number of nitrogens with one attached hydrogen (secondary N) is 1. The van der Waals surface area contributed by atoms with E-state index in [1.54, 1.807) is 11.8 Å². The molecule has 1 atom stereocenters. The zero-order chi connectivity index (χ0) is 15.2. The second-order valence-corrected chi connectivity index (χ2v) is 6.78. The lowest BCUT2D eigenvalue weighted by molar-refractivity contribution is -0.122. The fourth-order valence-corrected chi connectivity index (χ4v) is 3.11. The highest BCUT2D eigenvalue weighted by atomic mass is 79.9. The maximum atomic E-state index is 12.1. The second-order valence-electron chi connectivity index (χ2n) is 4.88. The molecule has 0 aliphatic rings. The lowest BCUT2D eigenvalue weighted by Crippen LogP contribution is -2.39. The molecular formula is C15H19BrN2O2S. The molecule has 1 unspecified atom stereocenters. The van der Waals surface area contributed by atoms with Crippen LogP contribution in [0.15, 0.2) is 34.9 Å². The Balaban J connectivity index is 2.00. The number of hydrogen-bond donors (Lipinski definition) is 2. The molecule has 114 valence electrons. The smallest absolute Gasteiger partial charge is 0.240 e. The number of rotatable bonds is 7. The fraction of sp³-hybridized carbons (Fsp3) is 0.400. The lowest BCUT2D eigenvalue weighted by atomic mass is 10.2. The van der Waals surface area contributed by atoms with Crippen LogP contribution in [0.25, 0.3) is 10.9 Å². The molecule has 1 heterocycles. The first kappa shape index (κ1) is 16.4. The van der Waals surface area contributed by atoms with Gasteiger partial charge in [-0.2, -0.15) is 11.8 Å². The fourth-order valence-electron chi connectivity index (χ4n) is 2.21. The van der Waals surface area contributed by atoms with Gasteiger partial charge in [-0.05, 0) is 42.7 Å². The number of fused-ring (bicyclic) bond motifs is 1. The number of aliphatic hydroxyl groups is 1. The Kier molecular flexibility index (Phi) is 6.14. The minimum absolute atomic E-state index is 0.0221. The van der Waals surface area contributed by atoms with E-state index in [0.717, 1.165) is 27.5 Å². The van der Waals surface area contributed by atoms with Gasteiger partial charge < -0.3 is 15.0 Å². The molecule has 1 aromatic carbocycles. The zero-order valence-corrected chi connectivity index (χ0v) is 14.3. The zero-order valence-electron chi connectivity index (χ0n) is 11.9. The minimum Gasteiger partial charge on any atom is -0.394 e. The van der Waals surface area contributed by atoms with Crippen molar-refractivity contribution in [3.8, 4) is 0 Å². The van der Waals surface area contributed by atoms with Gasteiger partial charge in [-0.15, -0.1) is 0 Å². The van der Waals surface area contributed by atoms with Crippen LogP contribution in [-0.2, 0) is 11.3 Å². The van der Waals surface area contributed by atoms with Gasteiger partial charge in [0.05, 0.1) is 12.6 Å². The number of aliphatic hydroxyl groups excluding tert-OH is 1. The summed E-state index contributed by atoms with van der Waals surface area (Å²) in [5.74, 6) is 0.849. The van der Waals surface area contributed by atoms with Crippen LogP contribution in [0.1, 0.15) is 6.42 Å².